The molecule has 2 amide bonds. The lowest BCUT2D eigenvalue weighted by molar-refractivity contribution is 0.0536. The zero-order chi connectivity index (χ0) is 22.8. The summed E-state index contributed by atoms with van der Waals surface area (Å²) in [6.07, 6.45) is 3.43. The van der Waals surface area contributed by atoms with Crippen molar-refractivity contribution >= 4 is 34.3 Å². The maximum Gasteiger partial charge on any atom is 0.254 e. The lowest BCUT2D eigenvalue weighted by Crippen LogP contribution is -2.50. The Labute approximate surface area is 196 Å². The van der Waals surface area contributed by atoms with Gasteiger partial charge in [0, 0.05) is 60.1 Å². The fourth-order valence-electron chi connectivity index (χ4n) is 4.08. The van der Waals surface area contributed by atoms with Crippen LogP contribution >= 0.6 is 11.6 Å². The summed E-state index contributed by atoms with van der Waals surface area (Å²) < 4.78 is 0. The van der Waals surface area contributed by atoms with Gasteiger partial charge in [0.05, 0.1) is 16.8 Å². The quantitative estimate of drug-likeness (QED) is 0.453. The van der Waals surface area contributed by atoms with E-state index >= 15 is 0 Å². The predicted octanol–water partition coefficient (Wildman–Crippen LogP) is 4.55. The normalized spacial score (nSPS) is 13.8. The van der Waals surface area contributed by atoms with Crippen molar-refractivity contribution in [3.05, 3.63) is 95.3 Å². The highest BCUT2D eigenvalue weighted by Gasteiger charge is 2.27. The van der Waals surface area contributed by atoms with Crippen molar-refractivity contribution in [3.8, 4) is 11.3 Å². The molecule has 33 heavy (non-hydrogen) atoms. The van der Waals surface area contributed by atoms with E-state index in [-0.39, 0.29) is 11.8 Å². The number of pyridine rings is 2. The molecule has 0 atom stereocenters. The number of amides is 2. The largest absolute Gasteiger partial charge is 0.335 e. The summed E-state index contributed by atoms with van der Waals surface area (Å²) in [7, 11) is 0. The maximum atomic E-state index is 13.5. The van der Waals surface area contributed by atoms with Gasteiger partial charge in [0.2, 0.25) is 0 Å². The minimum absolute atomic E-state index is 0.0481. The third-order valence-corrected chi connectivity index (χ3v) is 6.12. The smallest absolute Gasteiger partial charge is 0.254 e. The van der Waals surface area contributed by atoms with Crippen molar-refractivity contribution in [2.24, 2.45) is 0 Å². The second-order valence-electron chi connectivity index (χ2n) is 7.90. The average Bonchev–Trinajstić information content (AvgIpc) is 2.88. The van der Waals surface area contributed by atoms with Crippen LogP contribution in [0.4, 0.5) is 0 Å². The molecule has 0 unspecified atom stereocenters. The highest BCUT2D eigenvalue weighted by Crippen LogP contribution is 2.26. The third-order valence-electron chi connectivity index (χ3n) is 5.87. The number of rotatable bonds is 3. The number of hydrogen-bond donors (Lipinski definition) is 0. The van der Waals surface area contributed by atoms with Crippen LogP contribution < -0.4 is 0 Å². The molecule has 0 spiro atoms. The molecule has 1 fully saturated rings. The second kappa shape index (κ2) is 9.00. The molecule has 2 aromatic heterocycles. The minimum Gasteiger partial charge on any atom is -0.335 e. The third kappa shape index (κ3) is 4.30. The second-order valence-corrected chi connectivity index (χ2v) is 8.34. The molecule has 3 heterocycles. The van der Waals surface area contributed by atoms with Crippen molar-refractivity contribution in [2.45, 2.75) is 0 Å². The Balaban J connectivity index is 1.38. The van der Waals surface area contributed by atoms with Crippen molar-refractivity contribution in [2.75, 3.05) is 26.2 Å². The Hall–Kier alpha value is -3.77. The molecule has 1 aliphatic rings. The number of piperazine rings is 1. The van der Waals surface area contributed by atoms with Crippen LogP contribution in [-0.2, 0) is 0 Å². The van der Waals surface area contributed by atoms with E-state index in [9.17, 15) is 9.59 Å². The molecule has 0 radical (unpaired) electrons. The lowest BCUT2D eigenvalue weighted by atomic mass is 10.0. The standard InChI is InChI=1S/C26H21ClN4O2/c27-20-7-5-19(6-8-20)25(32)30-13-15-31(16-14-30)26(33)22-17-24(18-9-11-28-12-10-18)29-23-4-2-1-3-21(22)23/h1-12,17H,13-16H2. The van der Waals surface area contributed by atoms with E-state index in [2.05, 4.69) is 4.98 Å². The van der Waals surface area contributed by atoms with Gasteiger partial charge in [-0.25, -0.2) is 4.98 Å². The van der Waals surface area contributed by atoms with Gasteiger partial charge in [-0.05, 0) is 48.5 Å². The fraction of sp³-hybridized carbons (Fsp3) is 0.154. The van der Waals surface area contributed by atoms with E-state index in [1.165, 1.54) is 0 Å². The zero-order valence-electron chi connectivity index (χ0n) is 17.8. The van der Waals surface area contributed by atoms with Crippen LogP contribution in [0.5, 0.6) is 0 Å². The van der Waals surface area contributed by atoms with Crippen LogP contribution in [0.15, 0.2) is 79.1 Å². The van der Waals surface area contributed by atoms with Gasteiger partial charge in [0.1, 0.15) is 0 Å². The van der Waals surface area contributed by atoms with Crippen LogP contribution in [0.2, 0.25) is 5.02 Å². The molecule has 6 nitrogen and oxygen atoms in total. The number of aromatic nitrogens is 2. The zero-order valence-corrected chi connectivity index (χ0v) is 18.6. The van der Waals surface area contributed by atoms with Gasteiger partial charge >= 0.3 is 0 Å². The minimum atomic E-state index is -0.0532. The first-order chi connectivity index (χ1) is 16.1. The number of nitrogens with zero attached hydrogens (tertiary/aromatic N) is 4. The summed E-state index contributed by atoms with van der Waals surface area (Å²) in [5.74, 6) is -0.101. The molecule has 0 saturated carbocycles. The molecular formula is C26H21ClN4O2. The van der Waals surface area contributed by atoms with Crippen LogP contribution in [0.25, 0.3) is 22.2 Å². The molecule has 4 aromatic rings. The summed E-state index contributed by atoms with van der Waals surface area (Å²) in [5, 5.41) is 1.41. The highest BCUT2D eigenvalue weighted by molar-refractivity contribution is 6.30. The first kappa shape index (κ1) is 21.1. The Morgan fingerprint density at radius 2 is 1.42 bits per heavy atom. The first-order valence-electron chi connectivity index (χ1n) is 10.7. The summed E-state index contributed by atoms with van der Waals surface area (Å²) in [5.41, 5.74) is 3.62. The van der Waals surface area contributed by atoms with Crippen LogP contribution in [-0.4, -0.2) is 57.8 Å². The van der Waals surface area contributed by atoms with Crippen LogP contribution in [0, 0.1) is 0 Å². The van der Waals surface area contributed by atoms with Gasteiger partial charge in [-0.2, -0.15) is 0 Å². The van der Waals surface area contributed by atoms with E-state index in [4.69, 9.17) is 16.6 Å². The van der Waals surface area contributed by atoms with E-state index in [1.54, 1.807) is 41.6 Å². The highest BCUT2D eigenvalue weighted by atomic mass is 35.5. The summed E-state index contributed by atoms with van der Waals surface area (Å²) in [6.45, 7) is 1.90. The van der Waals surface area contributed by atoms with E-state index < -0.39 is 0 Å². The van der Waals surface area contributed by atoms with Gasteiger partial charge in [-0.1, -0.05) is 29.8 Å². The number of hydrogen-bond acceptors (Lipinski definition) is 4. The monoisotopic (exact) mass is 456 g/mol. The molecule has 1 saturated heterocycles. The van der Waals surface area contributed by atoms with Crippen molar-refractivity contribution in [1.82, 2.24) is 19.8 Å². The molecular weight excluding hydrogens is 436 g/mol. The maximum absolute atomic E-state index is 13.5. The Morgan fingerprint density at radius 3 is 2.12 bits per heavy atom. The molecule has 0 aliphatic carbocycles. The number of halogens is 1. The number of para-hydroxylation sites is 1. The topological polar surface area (TPSA) is 66.4 Å². The summed E-state index contributed by atoms with van der Waals surface area (Å²) in [6, 6.07) is 20.2. The summed E-state index contributed by atoms with van der Waals surface area (Å²) in [4.78, 5) is 38.8. The Morgan fingerprint density at radius 1 is 0.788 bits per heavy atom. The van der Waals surface area contributed by atoms with E-state index in [1.807, 2.05) is 47.4 Å². The number of benzene rings is 2. The van der Waals surface area contributed by atoms with Crippen LogP contribution in [0.1, 0.15) is 20.7 Å². The van der Waals surface area contributed by atoms with E-state index in [0.717, 1.165) is 22.2 Å². The number of carbonyl (C=O) groups excluding carboxylic acids is 2. The van der Waals surface area contributed by atoms with Crippen molar-refractivity contribution in [3.63, 3.8) is 0 Å². The van der Waals surface area contributed by atoms with Crippen LogP contribution in [0.3, 0.4) is 0 Å². The van der Waals surface area contributed by atoms with Gasteiger partial charge in [0.15, 0.2) is 0 Å². The number of carbonyl (C=O) groups is 2. The SMILES string of the molecule is O=C(c1ccc(Cl)cc1)N1CCN(C(=O)c2cc(-c3ccncc3)nc3ccccc23)CC1. The fourth-order valence-corrected chi connectivity index (χ4v) is 4.21. The lowest BCUT2D eigenvalue weighted by Gasteiger charge is -2.35. The predicted molar refractivity (Wildman–Crippen MR) is 128 cm³/mol. The molecule has 164 valence electrons. The first-order valence-corrected chi connectivity index (χ1v) is 11.1. The molecule has 1 aliphatic heterocycles. The van der Waals surface area contributed by atoms with E-state index in [0.29, 0.717) is 42.3 Å². The molecule has 0 bridgehead atoms. The van der Waals surface area contributed by atoms with Gasteiger partial charge in [-0.15, -0.1) is 0 Å². The van der Waals surface area contributed by atoms with Crippen molar-refractivity contribution < 1.29 is 9.59 Å². The van der Waals surface area contributed by atoms with Gasteiger partial charge < -0.3 is 9.80 Å². The average molecular weight is 457 g/mol. The van der Waals surface area contributed by atoms with Gasteiger partial charge in [0.25, 0.3) is 11.8 Å². The summed E-state index contributed by atoms with van der Waals surface area (Å²) >= 11 is 5.93. The molecule has 7 heteroatoms. The Bertz CT molecular complexity index is 1320. The molecule has 5 rings (SSSR count). The Kier molecular flexibility index (Phi) is 5.75. The number of fused-ring (bicyclic) bond motifs is 1. The van der Waals surface area contributed by atoms with Gasteiger partial charge in [-0.3, -0.25) is 14.6 Å². The van der Waals surface area contributed by atoms with Crippen molar-refractivity contribution in [1.29, 1.82) is 0 Å². The molecule has 2 aromatic carbocycles. The molecule has 0 N–H and O–H groups in total.